The van der Waals surface area contributed by atoms with Gasteiger partial charge in [-0.05, 0) is 47.7 Å². The molecule has 134 valence electrons. The molecule has 1 saturated heterocycles. The van der Waals surface area contributed by atoms with E-state index in [-0.39, 0.29) is 0 Å². The van der Waals surface area contributed by atoms with E-state index in [4.69, 9.17) is 12.2 Å². The molecular weight excluding hydrogens is 334 g/mol. The van der Waals surface area contributed by atoms with Crippen LogP contribution in [0, 0.1) is 0 Å². The van der Waals surface area contributed by atoms with E-state index in [2.05, 4.69) is 59.5 Å². The lowest BCUT2D eigenvalue weighted by atomic mass is 10.0. The highest BCUT2D eigenvalue weighted by molar-refractivity contribution is 7.98. The Morgan fingerprint density at radius 3 is 2.42 bits per heavy atom. The standard InChI is InChI=1S/C19H31N3S2/c1-16(2)18-7-5-17(6-8-18)15-21-10-12-22(13-11-21)19(23)20-9-4-14-24-3/h5-8,16H,4,9-15H2,1-3H3,(H,20,23). The Hall–Kier alpha value is -0.780. The number of piperazine rings is 1. The van der Waals surface area contributed by atoms with Crippen molar-refractivity contribution in [3.63, 3.8) is 0 Å². The van der Waals surface area contributed by atoms with E-state index in [1.165, 1.54) is 23.3 Å². The van der Waals surface area contributed by atoms with Crippen molar-refractivity contribution in [3.8, 4) is 0 Å². The average molecular weight is 366 g/mol. The monoisotopic (exact) mass is 365 g/mol. The predicted octanol–water partition coefficient (Wildman–Crippen LogP) is 3.56. The van der Waals surface area contributed by atoms with Gasteiger partial charge in [-0.1, -0.05) is 38.1 Å². The first kappa shape index (κ1) is 19.5. The van der Waals surface area contributed by atoms with Crippen LogP contribution in [0.4, 0.5) is 0 Å². The molecule has 24 heavy (non-hydrogen) atoms. The summed E-state index contributed by atoms with van der Waals surface area (Å²) in [5.41, 5.74) is 2.83. The summed E-state index contributed by atoms with van der Waals surface area (Å²) in [6.45, 7) is 10.7. The van der Waals surface area contributed by atoms with Crippen LogP contribution in [0.25, 0.3) is 0 Å². The fourth-order valence-electron chi connectivity index (χ4n) is 2.90. The van der Waals surface area contributed by atoms with Gasteiger partial charge < -0.3 is 10.2 Å². The maximum absolute atomic E-state index is 5.52. The number of nitrogens with one attached hydrogen (secondary N) is 1. The zero-order chi connectivity index (χ0) is 17.4. The molecule has 0 amide bonds. The molecule has 0 spiro atoms. The van der Waals surface area contributed by atoms with Crippen LogP contribution < -0.4 is 5.32 Å². The number of rotatable bonds is 7. The molecule has 0 radical (unpaired) electrons. The van der Waals surface area contributed by atoms with Crippen LogP contribution in [0.3, 0.4) is 0 Å². The normalized spacial score (nSPS) is 15.8. The molecule has 0 aromatic heterocycles. The van der Waals surface area contributed by atoms with Gasteiger partial charge in [0.05, 0.1) is 0 Å². The molecule has 1 fully saturated rings. The van der Waals surface area contributed by atoms with Crippen molar-refractivity contribution in [2.24, 2.45) is 0 Å². The van der Waals surface area contributed by atoms with Crippen LogP contribution in [0.15, 0.2) is 24.3 Å². The van der Waals surface area contributed by atoms with Crippen molar-refractivity contribution in [1.82, 2.24) is 15.1 Å². The third kappa shape index (κ3) is 6.26. The van der Waals surface area contributed by atoms with E-state index in [0.717, 1.165) is 44.4 Å². The number of thiocarbonyl (C=S) groups is 1. The highest BCUT2D eigenvalue weighted by Crippen LogP contribution is 2.16. The molecule has 0 unspecified atom stereocenters. The Bertz CT molecular complexity index is 494. The zero-order valence-corrected chi connectivity index (χ0v) is 16.9. The smallest absolute Gasteiger partial charge is 0.169 e. The van der Waals surface area contributed by atoms with Crippen LogP contribution in [-0.4, -0.2) is 59.6 Å². The number of nitrogens with zero attached hydrogens (tertiary/aromatic N) is 2. The van der Waals surface area contributed by atoms with Gasteiger partial charge in [0.2, 0.25) is 0 Å². The molecule has 1 aromatic carbocycles. The topological polar surface area (TPSA) is 18.5 Å². The first-order chi connectivity index (χ1) is 11.6. The number of thioether (sulfide) groups is 1. The molecule has 1 aliphatic heterocycles. The second-order valence-electron chi connectivity index (χ2n) is 6.74. The molecule has 3 nitrogen and oxygen atoms in total. The summed E-state index contributed by atoms with van der Waals surface area (Å²) in [7, 11) is 0. The van der Waals surface area contributed by atoms with Crippen LogP contribution in [0.2, 0.25) is 0 Å². The maximum atomic E-state index is 5.52. The number of hydrogen-bond donors (Lipinski definition) is 1. The summed E-state index contributed by atoms with van der Waals surface area (Å²) in [5, 5.41) is 4.32. The quantitative estimate of drug-likeness (QED) is 0.586. The van der Waals surface area contributed by atoms with Crippen LogP contribution in [-0.2, 0) is 6.54 Å². The van der Waals surface area contributed by atoms with Crippen molar-refractivity contribution in [1.29, 1.82) is 0 Å². The van der Waals surface area contributed by atoms with Crippen molar-refractivity contribution in [3.05, 3.63) is 35.4 Å². The summed E-state index contributed by atoms with van der Waals surface area (Å²) in [4.78, 5) is 4.84. The highest BCUT2D eigenvalue weighted by atomic mass is 32.2. The first-order valence-electron chi connectivity index (χ1n) is 8.93. The van der Waals surface area contributed by atoms with E-state index in [1.54, 1.807) is 0 Å². The van der Waals surface area contributed by atoms with Crippen molar-refractivity contribution in [2.75, 3.05) is 44.7 Å². The van der Waals surface area contributed by atoms with Crippen LogP contribution in [0.1, 0.15) is 37.3 Å². The number of hydrogen-bond acceptors (Lipinski definition) is 3. The van der Waals surface area contributed by atoms with E-state index in [1.807, 2.05) is 11.8 Å². The molecule has 0 aliphatic carbocycles. The lowest BCUT2D eigenvalue weighted by Gasteiger charge is -2.36. The van der Waals surface area contributed by atoms with E-state index in [9.17, 15) is 0 Å². The summed E-state index contributed by atoms with van der Waals surface area (Å²) >= 11 is 7.41. The summed E-state index contributed by atoms with van der Waals surface area (Å²) < 4.78 is 0. The molecular formula is C19H31N3S2. The fourth-order valence-corrected chi connectivity index (χ4v) is 3.62. The fraction of sp³-hybridized carbons (Fsp3) is 0.632. The maximum Gasteiger partial charge on any atom is 0.169 e. The Kier molecular flexibility index (Phi) is 8.36. The zero-order valence-electron chi connectivity index (χ0n) is 15.3. The van der Waals surface area contributed by atoms with E-state index in [0.29, 0.717) is 5.92 Å². The molecule has 0 saturated carbocycles. The minimum Gasteiger partial charge on any atom is -0.363 e. The molecule has 0 bridgehead atoms. The van der Waals surface area contributed by atoms with Crippen molar-refractivity contribution in [2.45, 2.75) is 32.7 Å². The van der Waals surface area contributed by atoms with E-state index < -0.39 is 0 Å². The SMILES string of the molecule is CSCCCNC(=S)N1CCN(Cc2ccc(C(C)C)cc2)CC1. The lowest BCUT2D eigenvalue weighted by Crippen LogP contribution is -2.51. The van der Waals surface area contributed by atoms with Gasteiger partial charge in [-0.25, -0.2) is 0 Å². The molecule has 1 heterocycles. The van der Waals surface area contributed by atoms with Gasteiger partial charge in [-0.3, -0.25) is 4.90 Å². The van der Waals surface area contributed by atoms with Crippen LogP contribution >= 0.6 is 24.0 Å². The van der Waals surface area contributed by atoms with Gasteiger partial charge in [-0.15, -0.1) is 0 Å². The molecule has 1 aromatic rings. The van der Waals surface area contributed by atoms with E-state index >= 15 is 0 Å². The van der Waals surface area contributed by atoms with Crippen LogP contribution in [0.5, 0.6) is 0 Å². The van der Waals surface area contributed by atoms with Gasteiger partial charge in [-0.2, -0.15) is 11.8 Å². The van der Waals surface area contributed by atoms with Gasteiger partial charge in [0, 0.05) is 39.3 Å². The van der Waals surface area contributed by atoms with Crippen molar-refractivity contribution < 1.29 is 0 Å². The average Bonchev–Trinajstić information content (AvgIpc) is 2.59. The Labute approximate surface area is 157 Å². The minimum atomic E-state index is 0.604. The second-order valence-corrected chi connectivity index (χ2v) is 8.11. The Morgan fingerprint density at radius 1 is 1.17 bits per heavy atom. The summed E-state index contributed by atoms with van der Waals surface area (Å²) in [5.74, 6) is 1.80. The molecule has 1 N–H and O–H groups in total. The summed E-state index contributed by atoms with van der Waals surface area (Å²) in [6.07, 6.45) is 3.32. The largest absolute Gasteiger partial charge is 0.363 e. The minimum absolute atomic E-state index is 0.604. The first-order valence-corrected chi connectivity index (χ1v) is 10.7. The number of benzene rings is 1. The lowest BCUT2D eigenvalue weighted by molar-refractivity contribution is 0.174. The third-order valence-corrected chi connectivity index (χ3v) is 5.61. The second kappa shape index (κ2) is 10.3. The van der Waals surface area contributed by atoms with Gasteiger partial charge in [0.1, 0.15) is 0 Å². The highest BCUT2D eigenvalue weighted by Gasteiger charge is 2.18. The predicted molar refractivity (Wildman–Crippen MR) is 111 cm³/mol. The molecule has 5 heteroatoms. The molecule has 1 aliphatic rings. The molecule has 0 atom stereocenters. The molecule has 2 rings (SSSR count). The van der Waals surface area contributed by atoms with Gasteiger partial charge in [0.15, 0.2) is 5.11 Å². The van der Waals surface area contributed by atoms with Gasteiger partial charge >= 0.3 is 0 Å². The Balaban J connectivity index is 1.71. The third-order valence-electron chi connectivity index (χ3n) is 4.51. The van der Waals surface area contributed by atoms with Gasteiger partial charge in [0.25, 0.3) is 0 Å². The summed E-state index contributed by atoms with van der Waals surface area (Å²) in [6, 6.07) is 9.09. The van der Waals surface area contributed by atoms with Crippen molar-refractivity contribution >= 4 is 29.1 Å². The Morgan fingerprint density at radius 2 is 1.83 bits per heavy atom.